The summed E-state index contributed by atoms with van der Waals surface area (Å²) in [4.78, 5) is 11.2. The molecule has 0 spiro atoms. The van der Waals surface area contributed by atoms with Crippen LogP contribution in [0.5, 0.6) is 0 Å². The van der Waals surface area contributed by atoms with E-state index in [9.17, 15) is 4.79 Å². The van der Waals surface area contributed by atoms with E-state index in [0.29, 0.717) is 6.61 Å². The molecule has 1 saturated heterocycles. The van der Waals surface area contributed by atoms with Gasteiger partial charge in [0.05, 0.1) is 12.6 Å². The Morgan fingerprint density at radius 3 is 2.50 bits per heavy atom. The van der Waals surface area contributed by atoms with Crippen molar-refractivity contribution in [3.05, 3.63) is 65.7 Å². The number of benzene rings is 2. The fourth-order valence-corrected chi connectivity index (χ4v) is 2.41. The Balaban J connectivity index is 0.00000176. The Kier molecular flexibility index (Phi) is 5.67. The monoisotopic (exact) mass is 318 g/mol. The topological polar surface area (TPSA) is 50.4 Å². The van der Waals surface area contributed by atoms with Crippen LogP contribution in [0.4, 0.5) is 10.5 Å². The van der Waals surface area contributed by atoms with Crippen molar-refractivity contribution in [2.45, 2.75) is 19.0 Å². The lowest BCUT2D eigenvalue weighted by atomic mass is 10.0. The van der Waals surface area contributed by atoms with Crippen LogP contribution in [0, 0.1) is 0 Å². The van der Waals surface area contributed by atoms with Gasteiger partial charge in [0.15, 0.2) is 0 Å². The summed E-state index contributed by atoms with van der Waals surface area (Å²) in [6.07, 6.45) is 0.472. The van der Waals surface area contributed by atoms with Crippen LogP contribution < -0.4 is 10.6 Å². The fraction of sp³-hybridized carbons (Fsp3) is 0.235. The second-order valence-corrected chi connectivity index (χ2v) is 5.08. The first kappa shape index (κ1) is 16.2. The number of cyclic esters (lactones) is 1. The van der Waals surface area contributed by atoms with E-state index in [1.807, 2.05) is 42.5 Å². The van der Waals surface area contributed by atoms with E-state index in [0.717, 1.165) is 24.2 Å². The average Bonchev–Trinajstić information content (AvgIpc) is 2.54. The van der Waals surface area contributed by atoms with Crippen molar-refractivity contribution < 1.29 is 9.53 Å². The summed E-state index contributed by atoms with van der Waals surface area (Å²) in [5.41, 5.74) is 3.43. The molecule has 5 heteroatoms. The smallest absolute Gasteiger partial charge is 0.407 e. The molecule has 3 rings (SSSR count). The molecule has 0 radical (unpaired) electrons. The van der Waals surface area contributed by atoms with E-state index >= 15 is 0 Å². The van der Waals surface area contributed by atoms with Crippen LogP contribution >= 0.6 is 12.4 Å². The summed E-state index contributed by atoms with van der Waals surface area (Å²) in [5, 5.41) is 6.22. The normalized spacial score (nSPS) is 16.9. The number of anilines is 1. The predicted molar refractivity (Wildman–Crippen MR) is 89.3 cm³/mol. The SMILES string of the molecule is Cl.O=C1N[C@H](c2ccc(NCc3ccccc3)cc2)CCO1. The summed E-state index contributed by atoms with van der Waals surface area (Å²) in [6.45, 7) is 1.28. The first-order valence-corrected chi connectivity index (χ1v) is 7.12. The van der Waals surface area contributed by atoms with Gasteiger partial charge in [0.2, 0.25) is 0 Å². The molecule has 2 N–H and O–H groups in total. The molecule has 1 atom stereocenters. The maximum Gasteiger partial charge on any atom is 0.407 e. The number of amides is 1. The van der Waals surface area contributed by atoms with Gasteiger partial charge in [-0.25, -0.2) is 4.79 Å². The summed E-state index contributed by atoms with van der Waals surface area (Å²) >= 11 is 0. The molecule has 1 heterocycles. The van der Waals surface area contributed by atoms with Gasteiger partial charge in [-0.2, -0.15) is 0 Å². The van der Waals surface area contributed by atoms with Crippen LogP contribution in [0.3, 0.4) is 0 Å². The third-order valence-corrected chi connectivity index (χ3v) is 3.58. The standard InChI is InChI=1S/C17H18N2O2.ClH/c20-17-19-16(10-11-21-17)14-6-8-15(9-7-14)18-12-13-4-2-1-3-5-13;/h1-9,16,18H,10-12H2,(H,19,20);1H/t16-;/m0./s1. The number of hydrogen-bond donors (Lipinski definition) is 2. The minimum atomic E-state index is -0.336. The minimum Gasteiger partial charge on any atom is -0.449 e. The second kappa shape index (κ2) is 7.71. The van der Waals surface area contributed by atoms with Gasteiger partial charge in [-0.15, -0.1) is 12.4 Å². The summed E-state index contributed by atoms with van der Waals surface area (Å²) < 4.78 is 4.88. The maximum absolute atomic E-state index is 11.2. The summed E-state index contributed by atoms with van der Waals surface area (Å²) in [5.74, 6) is 0. The molecule has 1 fully saturated rings. The molecule has 1 aliphatic heterocycles. The van der Waals surface area contributed by atoms with E-state index < -0.39 is 0 Å². The lowest BCUT2D eigenvalue weighted by Crippen LogP contribution is -2.35. The third kappa shape index (κ3) is 4.15. The predicted octanol–water partition coefficient (Wildman–Crippen LogP) is 3.89. The van der Waals surface area contributed by atoms with Crippen molar-refractivity contribution in [3.8, 4) is 0 Å². The quantitative estimate of drug-likeness (QED) is 0.899. The van der Waals surface area contributed by atoms with Crippen LogP contribution in [0.1, 0.15) is 23.6 Å². The molecule has 0 bridgehead atoms. The van der Waals surface area contributed by atoms with Gasteiger partial charge in [0.1, 0.15) is 0 Å². The Labute approximate surface area is 136 Å². The highest BCUT2D eigenvalue weighted by Gasteiger charge is 2.20. The van der Waals surface area contributed by atoms with Crippen molar-refractivity contribution in [3.63, 3.8) is 0 Å². The Hall–Kier alpha value is -2.20. The Morgan fingerprint density at radius 2 is 1.82 bits per heavy atom. The van der Waals surface area contributed by atoms with E-state index in [1.54, 1.807) is 0 Å². The molecule has 116 valence electrons. The molecule has 2 aromatic carbocycles. The summed E-state index contributed by atoms with van der Waals surface area (Å²) in [7, 11) is 0. The number of nitrogens with one attached hydrogen (secondary N) is 2. The molecule has 1 aliphatic rings. The largest absolute Gasteiger partial charge is 0.449 e. The highest BCUT2D eigenvalue weighted by molar-refractivity contribution is 5.85. The number of alkyl carbamates (subject to hydrolysis) is 1. The lowest BCUT2D eigenvalue weighted by molar-refractivity contribution is 0.115. The van der Waals surface area contributed by atoms with Crippen molar-refractivity contribution in [2.75, 3.05) is 11.9 Å². The van der Waals surface area contributed by atoms with Crippen molar-refractivity contribution in [2.24, 2.45) is 0 Å². The van der Waals surface area contributed by atoms with Crippen LogP contribution in [-0.4, -0.2) is 12.7 Å². The maximum atomic E-state index is 11.2. The van der Waals surface area contributed by atoms with Gasteiger partial charge in [-0.3, -0.25) is 0 Å². The molecule has 4 nitrogen and oxygen atoms in total. The molecule has 0 unspecified atom stereocenters. The van der Waals surface area contributed by atoms with E-state index in [4.69, 9.17) is 4.74 Å². The van der Waals surface area contributed by atoms with Gasteiger partial charge < -0.3 is 15.4 Å². The first-order chi connectivity index (χ1) is 10.3. The number of carbonyl (C=O) groups is 1. The van der Waals surface area contributed by atoms with E-state index in [-0.39, 0.29) is 24.5 Å². The van der Waals surface area contributed by atoms with Gasteiger partial charge in [0.25, 0.3) is 0 Å². The van der Waals surface area contributed by atoms with Crippen LogP contribution in [0.2, 0.25) is 0 Å². The molecule has 0 saturated carbocycles. The van der Waals surface area contributed by atoms with Crippen LogP contribution in [0.25, 0.3) is 0 Å². The Morgan fingerprint density at radius 1 is 1.09 bits per heavy atom. The molecule has 0 aliphatic carbocycles. The number of rotatable bonds is 4. The number of ether oxygens (including phenoxy) is 1. The molecular weight excluding hydrogens is 300 g/mol. The number of hydrogen-bond acceptors (Lipinski definition) is 3. The summed E-state index contributed by atoms with van der Waals surface area (Å²) in [6, 6.07) is 18.5. The molecule has 0 aromatic heterocycles. The fourth-order valence-electron chi connectivity index (χ4n) is 2.41. The highest BCUT2D eigenvalue weighted by atomic mass is 35.5. The van der Waals surface area contributed by atoms with Crippen molar-refractivity contribution in [1.82, 2.24) is 5.32 Å². The highest BCUT2D eigenvalue weighted by Crippen LogP contribution is 2.22. The van der Waals surface area contributed by atoms with Gasteiger partial charge in [0, 0.05) is 18.7 Å². The molecule has 2 aromatic rings. The van der Waals surface area contributed by atoms with Gasteiger partial charge >= 0.3 is 6.09 Å². The minimum absolute atomic E-state index is 0. The van der Waals surface area contributed by atoms with E-state index in [2.05, 4.69) is 22.8 Å². The Bertz CT molecular complexity index is 602. The van der Waals surface area contributed by atoms with Crippen LogP contribution in [-0.2, 0) is 11.3 Å². The lowest BCUT2D eigenvalue weighted by Gasteiger charge is -2.23. The third-order valence-electron chi connectivity index (χ3n) is 3.58. The first-order valence-electron chi connectivity index (χ1n) is 7.12. The molecule has 1 amide bonds. The van der Waals surface area contributed by atoms with Gasteiger partial charge in [-0.05, 0) is 23.3 Å². The van der Waals surface area contributed by atoms with Crippen molar-refractivity contribution in [1.29, 1.82) is 0 Å². The molecule has 22 heavy (non-hydrogen) atoms. The zero-order chi connectivity index (χ0) is 14.5. The van der Waals surface area contributed by atoms with Crippen LogP contribution in [0.15, 0.2) is 54.6 Å². The zero-order valence-electron chi connectivity index (χ0n) is 12.1. The number of halogens is 1. The second-order valence-electron chi connectivity index (χ2n) is 5.08. The average molecular weight is 319 g/mol. The number of carbonyl (C=O) groups excluding carboxylic acids is 1. The van der Waals surface area contributed by atoms with E-state index in [1.165, 1.54) is 5.56 Å². The van der Waals surface area contributed by atoms with Crippen molar-refractivity contribution >= 4 is 24.2 Å². The molecular formula is C17H19ClN2O2. The zero-order valence-corrected chi connectivity index (χ0v) is 12.9. The van der Waals surface area contributed by atoms with Gasteiger partial charge in [-0.1, -0.05) is 42.5 Å².